The van der Waals surface area contributed by atoms with Gasteiger partial charge < -0.3 is 10.2 Å². The summed E-state index contributed by atoms with van der Waals surface area (Å²) in [5.74, 6) is -1.14. The Kier molecular flexibility index (Phi) is 4.72. The molecule has 0 aromatic heterocycles. The van der Waals surface area contributed by atoms with E-state index in [2.05, 4.69) is 21.1 Å². The highest BCUT2D eigenvalue weighted by Gasteiger charge is 2.26. The molecule has 0 aliphatic carbocycles. The van der Waals surface area contributed by atoms with E-state index in [0.717, 1.165) is 0 Å². The number of hydrazone groups is 2. The van der Waals surface area contributed by atoms with Gasteiger partial charge in [0, 0.05) is 23.8 Å². The molecule has 2 amide bonds. The summed E-state index contributed by atoms with van der Waals surface area (Å²) in [6.45, 7) is 1.73. The van der Waals surface area contributed by atoms with Crippen LogP contribution in [-0.4, -0.2) is 34.0 Å². The number of phenols is 2. The van der Waals surface area contributed by atoms with Crippen LogP contribution >= 0.6 is 0 Å². The second-order valence-electron chi connectivity index (χ2n) is 4.86. The fraction of sp³-hybridized carbons (Fsp3) is 0.286. The highest BCUT2D eigenvalue weighted by atomic mass is 16.3. The van der Waals surface area contributed by atoms with Gasteiger partial charge >= 0.3 is 0 Å². The SMILES string of the molecule is CC1=NNC(=O)C1CCC(=O)N/N=C/c1ccc(O)cc1O. The third kappa shape index (κ3) is 3.81. The van der Waals surface area contributed by atoms with Crippen LogP contribution < -0.4 is 10.9 Å². The zero-order valence-electron chi connectivity index (χ0n) is 11.9. The number of rotatable bonds is 5. The van der Waals surface area contributed by atoms with Crippen LogP contribution in [0.2, 0.25) is 0 Å². The Balaban J connectivity index is 1.81. The summed E-state index contributed by atoms with van der Waals surface area (Å²) in [6, 6.07) is 4.02. The number of nitrogens with zero attached hydrogens (tertiary/aromatic N) is 2. The van der Waals surface area contributed by atoms with Crippen LogP contribution in [0.4, 0.5) is 0 Å². The number of aromatic hydroxyl groups is 2. The van der Waals surface area contributed by atoms with Gasteiger partial charge in [-0.25, -0.2) is 10.9 Å². The lowest BCUT2D eigenvalue weighted by molar-refractivity contribution is -0.123. The summed E-state index contributed by atoms with van der Waals surface area (Å²) in [6.07, 6.45) is 1.75. The predicted octanol–water partition coefficient (Wildman–Crippen LogP) is 0.450. The number of carbonyl (C=O) groups excluding carboxylic acids is 2. The smallest absolute Gasteiger partial charge is 0.248 e. The third-order valence-electron chi connectivity index (χ3n) is 3.23. The molecule has 1 aromatic rings. The molecule has 0 saturated carbocycles. The molecular formula is C14H16N4O4. The molecule has 8 nitrogen and oxygen atoms in total. The molecule has 0 saturated heterocycles. The molecule has 8 heteroatoms. The van der Waals surface area contributed by atoms with E-state index >= 15 is 0 Å². The highest BCUT2D eigenvalue weighted by molar-refractivity contribution is 6.07. The van der Waals surface area contributed by atoms with Crippen molar-refractivity contribution in [1.29, 1.82) is 0 Å². The molecule has 1 aliphatic rings. The molecular weight excluding hydrogens is 288 g/mol. The second kappa shape index (κ2) is 6.70. The van der Waals surface area contributed by atoms with E-state index in [1.54, 1.807) is 6.92 Å². The number of hydrogen-bond donors (Lipinski definition) is 4. The Morgan fingerprint density at radius 1 is 1.50 bits per heavy atom. The first-order valence-electron chi connectivity index (χ1n) is 6.65. The average molecular weight is 304 g/mol. The molecule has 22 heavy (non-hydrogen) atoms. The lowest BCUT2D eigenvalue weighted by Gasteiger charge is -2.06. The topological polar surface area (TPSA) is 123 Å². The first kappa shape index (κ1) is 15.5. The fourth-order valence-corrected chi connectivity index (χ4v) is 1.98. The number of nitrogens with one attached hydrogen (secondary N) is 2. The van der Waals surface area contributed by atoms with Crippen molar-refractivity contribution < 1.29 is 19.8 Å². The van der Waals surface area contributed by atoms with Crippen LogP contribution in [0.15, 0.2) is 28.4 Å². The van der Waals surface area contributed by atoms with Gasteiger partial charge in [0.2, 0.25) is 11.8 Å². The second-order valence-corrected chi connectivity index (χ2v) is 4.86. The number of phenolic OH excluding ortho intramolecular Hbond substituents is 2. The molecule has 4 N–H and O–H groups in total. The van der Waals surface area contributed by atoms with E-state index in [0.29, 0.717) is 17.7 Å². The van der Waals surface area contributed by atoms with Crippen LogP contribution in [-0.2, 0) is 9.59 Å². The Morgan fingerprint density at radius 2 is 2.27 bits per heavy atom. The van der Waals surface area contributed by atoms with E-state index in [4.69, 9.17) is 5.11 Å². The van der Waals surface area contributed by atoms with Crippen LogP contribution in [0.3, 0.4) is 0 Å². The van der Waals surface area contributed by atoms with Gasteiger partial charge in [0.05, 0.1) is 12.1 Å². The molecule has 0 bridgehead atoms. The molecule has 0 radical (unpaired) electrons. The van der Waals surface area contributed by atoms with Crippen LogP contribution in [0.5, 0.6) is 11.5 Å². The average Bonchev–Trinajstić information content (AvgIpc) is 2.78. The lowest BCUT2D eigenvalue weighted by Crippen LogP contribution is -2.25. The number of benzene rings is 1. The van der Waals surface area contributed by atoms with Crippen molar-refractivity contribution in [3.63, 3.8) is 0 Å². The largest absolute Gasteiger partial charge is 0.508 e. The predicted molar refractivity (Wildman–Crippen MR) is 79.5 cm³/mol. The van der Waals surface area contributed by atoms with Gasteiger partial charge in [0.15, 0.2) is 0 Å². The molecule has 1 unspecified atom stereocenters. The monoisotopic (exact) mass is 304 g/mol. The van der Waals surface area contributed by atoms with Crippen LogP contribution in [0.25, 0.3) is 0 Å². The van der Waals surface area contributed by atoms with Crippen molar-refractivity contribution in [1.82, 2.24) is 10.9 Å². The lowest BCUT2D eigenvalue weighted by atomic mass is 9.99. The zero-order valence-corrected chi connectivity index (χ0v) is 11.9. The van der Waals surface area contributed by atoms with E-state index in [9.17, 15) is 14.7 Å². The zero-order chi connectivity index (χ0) is 16.1. The van der Waals surface area contributed by atoms with Gasteiger partial charge in [0.25, 0.3) is 0 Å². The maximum atomic E-state index is 11.6. The summed E-state index contributed by atoms with van der Waals surface area (Å²) in [4.78, 5) is 23.1. The van der Waals surface area contributed by atoms with Gasteiger partial charge in [-0.2, -0.15) is 10.2 Å². The maximum absolute atomic E-state index is 11.6. The Bertz CT molecular complexity index is 654. The Hall–Kier alpha value is -2.90. The van der Waals surface area contributed by atoms with Crippen molar-refractivity contribution in [2.45, 2.75) is 19.8 Å². The maximum Gasteiger partial charge on any atom is 0.248 e. The normalized spacial score (nSPS) is 17.4. The van der Waals surface area contributed by atoms with Gasteiger partial charge in [-0.1, -0.05) is 0 Å². The van der Waals surface area contributed by atoms with Crippen molar-refractivity contribution in [3.05, 3.63) is 23.8 Å². The van der Waals surface area contributed by atoms with E-state index < -0.39 is 0 Å². The quantitative estimate of drug-likeness (QED) is 0.466. The van der Waals surface area contributed by atoms with E-state index in [-0.39, 0.29) is 35.7 Å². The summed E-state index contributed by atoms with van der Waals surface area (Å²) in [5, 5.41) is 26.2. The molecule has 1 atom stereocenters. The van der Waals surface area contributed by atoms with Crippen LogP contribution in [0.1, 0.15) is 25.3 Å². The molecule has 0 spiro atoms. The molecule has 2 rings (SSSR count). The van der Waals surface area contributed by atoms with Gasteiger partial charge in [-0.15, -0.1) is 0 Å². The van der Waals surface area contributed by atoms with Gasteiger partial charge in [-0.3, -0.25) is 9.59 Å². The van der Waals surface area contributed by atoms with Crippen molar-refractivity contribution in [3.8, 4) is 11.5 Å². The first-order chi connectivity index (χ1) is 10.5. The first-order valence-corrected chi connectivity index (χ1v) is 6.65. The summed E-state index contributed by atoms with van der Waals surface area (Å²) >= 11 is 0. The molecule has 0 fully saturated rings. The van der Waals surface area contributed by atoms with Gasteiger partial charge in [0.1, 0.15) is 11.5 Å². The molecule has 1 aliphatic heterocycles. The fourth-order valence-electron chi connectivity index (χ4n) is 1.98. The standard InChI is InChI=1S/C14H16N4O4/c1-8-11(14(22)18-16-8)4-5-13(21)17-15-7-9-2-3-10(19)6-12(9)20/h2-3,6-7,11,19-20H,4-5H2,1H3,(H,17,21)(H,18,22)/b15-7+. The highest BCUT2D eigenvalue weighted by Crippen LogP contribution is 2.20. The minimum absolute atomic E-state index is 0.0643. The minimum Gasteiger partial charge on any atom is -0.508 e. The molecule has 1 aromatic carbocycles. The van der Waals surface area contributed by atoms with E-state index in [1.807, 2.05) is 0 Å². The van der Waals surface area contributed by atoms with Crippen molar-refractivity contribution >= 4 is 23.7 Å². The molecule has 1 heterocycles. The third-order valence-corrected chi connectivity index (χ3v) is 3.23. The Labute approximate surface area is 126 Å². The minimum atomic E-state index is -0.379. The molecule has 116 valence electrons. The summed E-state index contributed by atoms with van der Waals surface area (Å²) in [5.41, 5.74) is 5.69. The van der Waals surface area contributed by atoms with Crippen molar-refractivity contribution in [2.24, 2.45) is 16.1 Å². The van der Waals surface area contributed by atoms with Crippen molar-refractivity contribution in [2.75, 3.05) is 0 Å². The summed E-state index contributed by atoms with van der Waals surface area (Å²) < 4.78 is 0. The Morgan fingerprint density at radius 3 is 2.91 bits per heavy atom. The summed E-state index contributed by atoms with van der Waals surface area (Å²) in [7, 11) is 0. The van der Waals surface area contributed by atoms with E-state index in [1.165, 1.54) is 24.4 Å². The van der Waals surface area contributed by atoms with Crippen LogP contribution in [0, 0.1) is 5.92 Å². The van der Waals surface area contributed by atoms with Gasteiger partial charge in [-0.05, 0) is 25.5 Å². The number of carbonyl (C=O) groups is 2. The number of hydrogen-bond acceptors (Lipinski definition) is 6. The number of amides is 2.